The Morgan fingerprint density at radius 1 is 1.05 bits per heavy atom. The van der Waals surface area contributed by atoms with Gasteiger partial charge in [0.2, 0.25) is 0 Å². The van der Waals surface area contributed by atoms with E-state index in [1.54, 1.807) is 0 Å². The zero-order valence-corrected chi connectivity index (χ0v) is 13.1. The van der Waals surface area contributed by atoms with Crippen LogP contribution in [0.2, 0.25) is 0 Å². The molecule has 0 spiro atoms. The maximum Gasteiger partial charge on any atom is 0.0760 e. The van der Waals surface area contributed by atoms with Gasteiger partial charge in [0, 0.05) is 4.47 Å². The number of benzene rings is 2. The van der Waals surface area contributed by atoms with Gasteiger partial charge in [-0.1, -0.05) is 70.5 Å². The fourth-order valence-electron chi connectivity index (χ4n) is 2.04. The third-order valence-corrected chi connectivity index (χ3v) is 4.01. The molecule has 1 atom stereocenters. The Kier molecular flexibility index (Phi) is 6.03. The lowest BCUT2D eigenvalue weighted by Crippen LogP contribution is -2.11. The summed E-state index contributed by atoms with van der Waals surface area (Å²) in [6.07, 6.45) is 3.94. The number of hydrogen-bond donors (Lipinski definition) is 0. The Balaban J connectivity index is 1.84. The maximum absolute atomic E-state index is 5.93. The second-order valence-electron chi connectivity index (χ2n) is 4.70. The number of rotatable bonds is 7. The van der Waals surface area contributed by atoms with Crippen molar-refractivity contribution in [3.05, 3.63) is 82.9 Å². The summed E-state index contributed by atoms with van der Waals surface area (Å²) in [5, 5.41) is 0. The quantitative estimate of drug-likeness (QED) is 0.637. The summed E-state index contributed by atoms with van der Waals surface area (Å²) in [6, 6.07) is 18.6. The van der Waals surface area contributed by atoms with Gasteiger partial charge in [0.05, 0.1) is 12.7 Å². The highest BCUT2D eigenvalue weighted by Gasteiger charge is 2.07. The number of aryl methyl sites for hydroxylation is 1. The average Bonchev–Trinajstić information content (AvgIpc) is 2.50. The minimum Gasteiger partial charge on any atom is -0.369 e. The topological polar surface area (TPSA) is 9.23 Å². The summed E-state index contributed by atoms with van der Waals surface area (Å²) < 4.78 is 7.02. The first-order valence-electron chi connectivity index (χ1n) is 6.81. The zero-order chi connectivity index (χ0) is 14.2. The highest BCUT2D eigenvalue weighted by atomic mass is 79.9. The van der Waals surface area contributed by atoms with Crippen molar-refractivity contribution in [2.75, 3.05) is 0 Å². The predicted molar refractivity (Wildman–Crippen MR) is 87.7 cm³/mol. The van der Waals surface area contributed by atoms with E-state index in [1.807, 2.05) is 30.3 Å². The molecule has 0 aliphatic rings. The van der Waals surface area contributed by atoms with Gasteiger partial charge in [0.25, 0.3) is 0 Å². The van der Waals surface area contributed by atoms with E-state index in [-0.39, 0.29) is 6.10 Å². The molecule has 1 nitrogen and oxygen atoms in total. The minimum absolute atomic E-state index is 0.0855. The lowest BCUT2D eigenvalue weighted by molar-refractivity contribution is 0.0666. The third-order valence-electron chi connectivity index (χ3n) is 3.23. The molecular formula is C18H19BrO. The first kappa shape index (κ1) is 15.0. The Labute approximate surface area is 129 Å². The number of halogens is 1. The molecule has 2 rings (SSSR count). The SMILES string of the molecule is C=CC(CCc1ccccc1)OCc1ccccc1Br. The van der Waals surface area contributed by atoms with Crippen molar-refractivity contribution >= 4 is 15.9 Å². The van der Waals surface area contributed by atoms with Crippen LogP contribution in [0.5, 0.6) is 0 Å². The highest BCUT2D eigenvalue weighted by molar-refractivity contribution is 9.10. The number of ether oxygens (including phenoxy) is 1. The van der Waals surface area contributed by atoms with Crippen molar-refractivity contribution < 1.29 is 4.74 Å². The molecule has 0 saturated heterocycles. The van der Waals surface area contributed by atoms with Crippen molar-refractivity contribution in [1.29, 1.82) is 0 Å². The molecule has 0 aliphatic heterocycles. The summed E-state index contributed by atoms with van der Waals surface area (Å²) in [5.74, 6) is 0. The first-order valence-corrected chi connectivity index (χ1v) is 7.60. The summed E-state index contributed by atoms with van der Waals surface area (Å²) >= 11 is 3.54. The zero-order valence-electron chi connectivity index (χ0n) is 11.5. The molecule has 2 aromatic rings. The molecule has 0 saturated carbocycles. The third kappa shape index (κ3) is 4.62. The van der Waals surface area contributed by atoms with E-state index in [0.717, 1.165) is 17.3 Å². The Morgan fingerprint density at radius 3 is 2.45 bits per heavy atom. The molecule has 0 heterocycles. The lowest BCUT2D eigenvalue weighted by atomic mass is 10.1. The molecule has 104 valence electrons. The molecule has 0 N–H and O–H groups in total. The van der Waals surface area contributed by atoms with E-state index >= 15 is 0 Å². The Morgan fingerprint density at radius 2 is 1.75 bits per heavy atom. The van der Waals surface area contributed by atoms with Gasteiger partial charge in [-0.25, -0.2) is 0 Å². The van der Waals surface area contributed by atoms with Gasteiger partial charge < -0.3 is 4.74 Å². The lowest BCUT2D eigenvalue weighted by Gasteiger charge is -2.14. The van der Waals surface area contributed by atoms with Crippen LogP contribution in [0.4, 0.5) is 0 Å². The molecule has 0 aromatic heterocycles. The van der Waals surface area contributed by atoms with E-state index < -0.39 is 0 Å². The van der Waals surface area contributed by atoms with Crippen molar-refractivity contribution in [3.63, 3.8) is 0 Å². The minimum atomic E-state index is 0.0855. The van der Waals surface area contributed by atoms with Gasteiger partial charge in [0.1, 0.15) is 0 Å². The van der Waals surface area contributed by atoms with E-state index in [9.17, 15) is 0 Å². The fourth-order valence-corrected chi connectivity index (χ4v) is 2.43. The summed E-state index contributed by atoms with van der Waals surface area (Å²) in [6.45, 7) is 4.48. The predicted octanol–water partition coefficient (Wildman–Crippen LogP) is 5.15. The first-order chi connectivity index (χ1) is 9.79. The average molecular weight is 331 g/mol. The van der Waals surface area contributed by atoms with Gasteiger partial charge in [-0.2, -0.15) is 0 Å². The van der Waals surface area contributed by atoms with Crippen LogP contribution in [0.25, 0.3) is 0 Å². The standard InChI is InChI=1S/C18H19BrO/c1-2-17(13-12-15-8-4-3-5-9-15)20-14-16-10-6-7-11-18(16)19/h2-11,17H,1,12-14H2. The monoisotopic (exact) mass is 330 g/mol. The molecule has 2 heteroatoms. The van der Waals surface area contributed by atoms with Crippen molar-refractivity contribution in [2.24, 2.45) is 0 Å². The van der Waals surface area contributed by atoms with Crippen LogP contribution in [0, 0.1) is 0 Å². The molecule has 0 amide bonds. The van der Waals surface area contributed by atoms with Crippen molar-refractivity contribution in [3.8, 4) is 0 Å². The number of hydrogen-bond acceptors (Lipinski definition) is 1. The molecule has 2 aromatic carbocycles. The maximum atomic E-state index is 5.93. The van der Waals surface area contributed by atoms with Crippen molar-refractivity contribution in [2.45, 2.75) is 25.6 Å². The van der Waals surface area contributed by atoms with Crippen LogP contribution in [0.1, 0.15) is 17.5 Å². The van der Waals surface area contributed by atoms with Gasteiger partial charge in [-0.15, -0.1) is 6.58 Å². The Bertz CT molecular complexity index is 536. The molecule has 0 bridgehead atoms. The van der Waals surface area contributed by atoms with Gasteiger partial charge in [-0.3, -0.25) is 0 Å². The van der Waals surface area contributed by atoms with Crippen LogP contribution in [0.15, 0.2) is 71.7 Å². The largest absolute Gasteiger partial charge is 0.369 e. The van der Waals surface area contributed by atoms with Crippen LogP contribution in [-0.2, 0) is 17.8 Å². The van der Waals surface area contributed by atoms with Gasteiger partial charge >= 0.3 is 0 Å². The second-order valence-corrected chi connectivity index (χ2v) is 5.56. The normalized spacial score (nSPS) is 12.1. The summed E-state index contributed by atoms with van der Waals surface area (Å²) in [5.41, 5.74) is 2.50. The highest BCUT2D eigenvalue weighted by Crippen LogP contribution is 2.18. The van der Waals surface area contributed by atoms with Crippen LogP contribution >= 0.6 is 15.9 Å². The van der Waals surface area contributed by atoms with Crippen LogP contribution < -0.4 is 0 Å². The molecule has 0 radical (unpaired) electrons. The smallest absolute Gasteiger partial charge is 0.0760 e. The van der Waals surface area contributed by atoms with E-state index in [0.29, 0.717) is 6.61 Å². The fraction of sp³-hybridized carbons (Fsp3) is 0.222. The van der Waals surface area contributed by atoms with Crippen LogP contribution in [-0.4, -0.2) is 6.10 Å². The van der Waals surface area contributed by atoms with E-state index in [2.05, 4.69) is 52.8 Å². The van der Waals surface area contributed by atoms with Crippen LogP contribution in [0.3, 0.4) is 0 Å². The van der Waals surface area contributed by atoms with E-state index in [4.69, 9.17) is 4.74 Å². The molecule has 0 fully saturated rings. The van der Waals surface area contributed by atoms with Crippen molar-refractivity contribution in [1.82, 2.24) is 0 Å². The second kappa shape index (κ2) is 8.03. The molecule has 1 unspecified atom stereocenters. The molecule has 0 aliphatic carbocycles. The summed E-state index contributed by atoms with van der Waals surface area (Å²) in [7, 11) is 0. The summed E-state index contributed by atoms with van der Waals surface area (Å²) in [4.78, 5) is 0. The van der Waals surface area contributed by atoms with Gasteiger partial charge in [-0.05, 0) is 30.0 Å². The van der Waals surface area contributed by atoms with E-state index in [1.165, 1.54) is 11.1 Å². The molecular weight excluding hydrogens is 312 g/mol. The Hall–Kier alpha value is -1.38. The van der Waals surface area contributed by atoms with Gasteiger partial charge in [0.15, 0.2) is 0 Å². The molecule has 20 heavy (non-hydrogen) atoms.